The van der Waals surface area contributed by atoms with E-state index >= 15 is 0 Å². The number of nitrogens with zero attached hydrogens (tertiary/aromatic N) is 2. The summed E-state index contributed by atoms with van der Waals surface area (Å²) in [5.41, 5.74) is 1.00. The van der Waals surface area contributed by atoms with Crippen LogP contribution in [0.4, 0.5) is 0 Å². The number of aliphatic imine (C=N–C) groups is 1. The van der Waals surface area contributed by atoms with Crippen LogP contribution in [0.3, 0.4) is 0 Å². The molecule has 1 aromatic rings. The van der Waals surface area contributed by atoms with Gasteiger partial charge in [0, 0.05) is 43.9 Å². The maximum absolute atomic E-state index is 11.9. The third kappa shape index (κ3) is 7.38. The summed E-state index contributed by atoms with van der Waals surface area (Å²) in [6, 6.07) is 5.55. The minimum atomic E-state index is -2.98. The average molecular weight is 382 g/mol. The van der Waals surface area contributed by atoms with Crippen molar-refractivity contribution in [2.75, 3.05) is 31.1 Å². The largest absolute Gasteiger partial charge is 0.357 e. The lowest BCUT2D eigenvalue weighted by Crippen LogP contribution is -2.39. The summed E-state index contributed by atoms with van der Waals surface area (Å²) in [7, 11) is -2.98. The highest BCUT2D eigenvalue weighted by molar-refractivity contribution is 7.91. The van der Waals surface area contributed by atoms with Crippen LogP contribution in [-0.2, 0) is 21.1 Å². The lowest BCUT2D eigenvalue weighted by atomic mass is 10.2. The summed E-state index contributed by atoms with van der Waals surface area (Å²) in [6.45, 7) is 3.73. The van der Waals surface area contributed by atoms with Crippen molar-refractivity contribution in [3.63, 3.8) is 0 Å². The van der Waals surface area contributed by atoms with Crippen molar-refractivity contribution in [3.8, 4) is 0 Å². The topological polar surface area (TPSA) is 113 Å². The summed E-state index contributed by atoms with van der Waals surface area (Å²) in [6.07, 6.45) is 3.27. The molecule has 1 aromatic heterocycles. The van der Waals surface area contributed by atoms with E-state index < -0.39 is 9.84 Å². The van der Waals surface area contributed by atoms with Crippen molar-refractivity contribution in [1.29, 1.82) is 0 Å². The Bertz CT molecular complexity index is 706. The van der Waals surface area contributed by atoms with Gasteiger partial charge in [-0.25, -0.2) is 8.42 Å². The fraction of sp³-hybridized carbons (Fsp3) is 0.588. The van der Waals surface area contributed by atoms with Crippen molar-refractivity contribution >= 4 is 21.7 Å². The monoisotopic (exact) mass is 381 g/mol. The Labute approximate surface area is 154 Å². The van der Waals surface area contributed by atoms with Gasteiger partial charge >= 0.3 is 0 Å². The molecule has 1 aliphatic heterocycles. The summed E-state index contributed by atoms with van der Waals surface area (Å²) in [5.74, 6) is 0.681. The number of sulfone groups is 1. The highest BCUT2D eigenvalue weighted by Gasteiger charge is 2.28. The van der Waals surface area contributed by atoms with Gasteiger partial charge in [-0.1, -0.05) is 6.07 Å². The van der Waals surface area contributed by atoms with Crippen molar-refractivity contribution in [2.45, 2.75) is 32.2 Å². The van der Waals surface area contributed by atoms with Gasteiger partial charge in [0.25, 0.3) is 0 Å². The van der Waals surface area contributed by atoms with Crippen molar-refractivity contribution in [2.24, 2.45) is 4.99 Å². The normalized spacial score (nSPS) is 19.1. The molecule has 2 heterocycles. The second kappa shape index (κ2) is 10.1. The third-order valence-electron chi connectivity index (χ3n) is 3.95. The van der Waals surface area contributed by atoms with E-state index in [-0.39, 0.29) is 29.9 Å². The molecule has 1 amide bonds. The number of nitrogens with one attached hydrogen (secondary N) is 3. The number of carbonyl (C=O) groups is 1. The predicted molar refractivity (Wildman–Crippen MR) is 102 cm³/mol. The molecule has 1 fully saturated rings. The molecule has 8 nitrogen and oxygen atoms in total. The van der Waals surface area contributed by atoms with Crippen LogP contribution in [0.15, 0.2) is 29.4 Å². The first-order valence-electron chi connectivity index (χ1n) is 8.90. The maximum atomic E-state index is 11.9. The summed E-state index contributed by atoms with van der Waals surface area (Å²) in [4.78, 5) is 20.6. The third-order valence-corrected chi connectivity index (χ3v) is 5.72. The lowest BCUT2D eigenvalue weighted by molar-refractivity contribution is -0.121. The molecule has 3 N–H and O–H groups in total. The molecule has 9 heteroatoms. The second-order valence-corrected chi connectivity index (χ2v) is 8.40. The summed E-state index contributed by atoms with van der Waals surface area (Å²) in [5, 5.41) is 9.12. The zero-order valence-corrected chi connectivity index (χ0v) is 15.9. The van der Waals surface area contributed by atoms with E-state index in [1.54, 1.807) is 6.20 Å². The van der Waals surface area contributed by atoms with Crippen molar-refractivity contribution in [3.05, 3.63) is 30.1 Å². The molecule has 1 aliphatic rings. The highest BCUT2D eigenvalue weighted by Crippen LogP contribution is 2.11. The van der Waals surface area contributed by atoms with Gasteiger partial charge in [-0.05, 0) is 25.5 Å². The molecule has 0 aromatic carbocycles. The Balaban J connectivity index is 1.71. The molecule has 0 aliphatic carbocycles. The van der Waals surface area contributed by atoms with E-state index in [0.29, 0.717) is 25.5 Å². The van der Waals surface area contributed by atoms with Crippen molar-refractivity contribution < 1.29 is 13.2 Å². The quantitative estimate of drug-likeness (QED) is 0.427. The minimum Gasteiger partial charge on any atom is -0.357 e. The second-order valence-electron chi connectivity index (χ2n) is 6.18. The Kier molecular flexibility index (Phi) is 7.83. The lowest BCUT2D eigenvalue weighted by Gasteiger charge is -2.12. The number of hydrogen-bond acceptors (Lipinski definition) is 5. The Morgan fingerprint density at radius 2 is 2.19 bits per heavy atom. The zero-order valence-electron chi connectivity index (χ0n) is 15.1. The van der Waals surface area contributed by atoms with Crippen molar-refractivity contribution in [1.82, 2.24) is 20.9 Å². The van der Waals surface area contributed by atoms with Crippen LogP contribution in [0, 0.1) is 0 Å². The number of rotatable bonds is 8. The molecule has 0 spiro atoms. The van der Waals surface area contributed by atoms with Crippen LogP contribution >= 0.6 is 0 Å². The SMILES string of the molecule is CCNC(=NCCC(=O)NC1CCS(=O)(=O)C1)NCCc1ccccn1. The number of hydrogen-bond donors (Lipinski definition) is 3. The Morgan fingerprint density at radius 3 is 2.85 bits per heavy atom. The molecular formula is C17H27N5O3S. The van der Waals surface area contributed by atoms with E-state index in [4.69, 9.17) is 0 Å². The first-order valence-corrected chi connectivity index (χ1v) is 10.7. The van der Waals surface area contributed by atoms with Gasteiger partial charge in [-0.2, -0.15) is 0 Å². The fourth-order valence-electron chi connectivity index (χ4n) is 2.67. The summed E-state index contributed by atoms with van der Waals surface area (Å²) >= 11 is 0. The molecule has 1 saturated heterocycles. The molecule has 0 saturated carbocycles. The first-order chi connectivity index (χ1) is 12.5. The van der Waals surface area contributed by atoms with E-state index in [0.717, 1.165) is 18.7 Å². The van der Waals surface area contributed by atoms with Crippen LogP contribution in [0.25, 0.3) is 0 Å². The molecule has 1 unspecified atom stereocenters. The Morgan fingerprint density at radius 1 is 1.35 bits per heavy atom. The van der Waals surface area contributed by atoms with Crippen LogP contribution in [-0.4, -0.2) is 62.5 Å². The molecular weight excluding hydrogens is 354 g/mol. The fourth-order valence-corrected chi connectivity index (χ4v) is 4.35. The molecule has 2 rings (SSSR count). The van der Waals surface area contributed by atoms with Crippen LogP contribution in [0.1, 0.15) is 25.5 Å². The molecule has 0 bridgehead atoms. The van der Waals surface area contributed by atoms with Gasteiger partial charge in [-0.3, -0.25) is 14.8 Å². The van der Waals surface area contributed by atoms with Gasteiger partial charge in [0.15, 0.2) is 15.8 Å². The average Bonchev–Trinajstić information content (AvgIpc) is 2.94. The van der Waals surface area contributed by atoms with Gasteiger partial charge in [0.05, 0.1) is 18.1 Å². The van der Waals surface area contributed by atoms with Gasteiger partial charge in [-0.15, -0.1) is 0 Å². The number of carbonyl (C=O) groups excluding carboxylic acids is 1. The smallest absolute Gasteiger partial charge is 0.222 e. The van der Waals surface area contributed by atoms with E-state index in [2.05, 4.69) is 25.9 Å². The molecule has 1 atom stereocenters. The maximum Gasteiger partial charge on any atom is 0.222 e. The molecule has 0 radical (unpaired) electrons. The first kappa shape index (κ1) is 20.2. The zero-order chi connectivity index (χ0) is 18.8. The number of aromatic nitrogens is 1. The number of pyridine rings is 1. The van der Waals surface area contributed by atoms with Crippen LogP contribution in [0.5, 0.6) is 0 Å². The molecule has 144 valence electrons. The van der Waals surface area contributed by atoms with Crippen LogP contribution in [0.2, 0.25) is 0 Å². The molecule has 26 heavy (non-hydrogen) atoms. The van der Waals surface area contributed by atoms with Gasteiger partial charge in [0.1, 0.15) is 0 Å². The van der Waals surface area contributed by atoms with Gasteiger partial charge < -0.3 is 16.0 Å². The minimum absolute atomic E-state index is 0.0414. The van der Waals surface area contributed by atoms with E-state index in [1.165, 1.54) is 0 Å². The predicted octanol–water partition coefficient (Wildman–Crippen LogP) is -0.127. The number of amides is 1. The van der Waals surface area contributed by atoms with E-state index in [1.807, 2.05) is 25.1 Å². The van der Waals surface area contributed by atoms with Crippen LogP contribution < -0.4 is 16.0 Å². The summed E-state index contributed by atoms with van der Waals surface area (Å²) < 4.78 is 22.8. The number of guanidine groups is 1. The Hall–Kier alpha value is -2.16. The van der Waals surface area contributed by atoms with E-state index in [9.17, 15) is 13.2 Å². The van der Waals surface area contributed by atoms with Gasteiger partial charge in [0.2, 0.25) is 5.91 Å². The standard InChI is InChI=1S/C17H27N5O3S/c1-2-18-17(20-10-6-14-5-3-4-9-19-14)21-11-7-16(23)22-15-8-12-26(24,25)13-15/h3-5,9,15H,2,6-8,10-13H2,1H3,(H,22,23)(H2,18,20,21). The highest BCUT2D eigenvalue weighted by atomic mass is 32.2.